The average Bonchev–Trinajstić information content (AvgIpc) is 2.59. The van der Waals surface area contributed by atoms with Gasteiger partial charge >= 0.3 is 0 Å². The Hall–Kier alpha value is -2.87. The predicted octanol–water partition coefficient (Wildman–Crippen LogP) is 4.71. The van der Waals surface area contributed by atoms with Crippen molar-refractivity contribution in [3.05, 3.63) is 77.6 Å². The molecule has 5 rings (SSSR count). The normalized spacial score (nSPS) is 16.4. The molecule has 0 bridgehead atoms. The lowest BCUT2D eigenvalue weighted by molar-refractivity contribution is -0.114. The minimum absolute atomic E-state index is 0.110. The van der Waals surface area contributed by atoms with Gasteiger partial charge in [0.25, 0.3) is 0 Å². The molecule has 3 aromatic rings. The zero-order chi connectivity index (χ0) is 15.4. The van der Waals surface area contributed by atoms with Gasteiger partial charge in [0.15, 0.2) is 5.78 Å². The molecule has 110 valence electrons. The van der Waals surface area contributed by atoms with Crippen molar-refractivity contribution in [2.45, 2.75) is 12.8 Å². The number of ether oxygens (including phenoxy) is 1. The summed E-state index contributed by atoms with van der Waals surface area (Å²) in [5, 5.41) is 5.00. The fourth-order valence-electron chi connectivity index (χ4n) is 3.59. The SMILES string of the molecule is O=C1C=C2Oc3ccc4c(ccc5ccccc54)c3CC2=CC1. The van der Waals surface area contributed by atoms with E-state index in [1.165, 1.54) is 27.1 Å². The molecule has 2 nitrogen and oxygen atoms in total. The van der Waals surface area contributed by atoms with Crippen molar-refractivity contribution in [1.29, 1.82) is 0 Å². The van der Waals surface area contributed by atoms with Gasteiger partial charge in [-0.25, -0.2) is 0 Å². The van der Waals surface area contributed by atoms with Crippen LogP contribution in [0.25, 0.3) is 21.5 Å². The molecule has 0 unspecified atom stereocenters. The summed E-state index contributed by atoms with van der Waals surface area (Å²) in [4.78, 5) is 11.6. The lowest BCUT2D eigenvalue weighted by Crippen LogP contribution is -2.15. The van der Waals surface area contributed by atoms with Crippen molar-refractivity contribution in [2.24, 2.45) is 0 Å². The Morgan fingerprint density at radius 3 is 2.70 bits per heavy atom. The molecule has 23 heavy (non-hydrogen) atoms. The molecule has 0 radical (unpaired) electrons. The fraction of sp³-hybridized carbons (Fsp3) is 0.0952. The van der Waals surface area contributed by atoms with Gasteiger partial charge in [0.1, 0.15) is 11.5 Å². The van der Waals surface area contributed by atoms with E-state index in [-0.39, 0.29) is 5.78 Å². The Bertz CT molecular complexity index is 1050. The van der Waals surface area contributed by atoms with Crippen molar-refractivity contribution in [1.82, 2.24) is 0 Å². The van der Waals surface area contributed by atoms with E-state index in [1.807, 2.05) is 12.1 Å². The number of allylic oxidation sites excluding steroid dienone is 3. The molecule has 0 saturated heterocycles. The standard InChI is InChI=1S/C21H14O2/c22-15-7-5-14-11-19-18-8-6-13-3-1-2-4-16(13)17(18)9-10-20(19)23-21(14)12-15/h1-6,8-10,12H,7,11H2. The number of carbonyl (C=O) groups excluding carboxylic acids is 1. The average molecular weight is 298 g/mol. The molecule has 0 aromatic heterocycles. The Morgan fingerprint density at radius 1 is 0.870 bits per heavy atom. The van der Waals surface area contributed by atoms with Gasteiger partial charge in [-0.05, 0) is 33.2 Å². The molecule has 2 heteroatoms. The maximum Gasteiger partial charge on any atom is 0.163 e. The summed E-state index contributed by atoms with van der Waals surface area (Å²) >= 11 is 0. The Labute approximate surface area is 133 Å². The van der Waals surface area contributed by atoms with E-state index < -0.39 is 0 Å². The first-order valence-corrected chi connectivity index (χ1v) is 7.85. The van der Waals surface area contributed by atoms with Crippen molar-refractivity contribution in [3.8, 4) is 5.75 Å². The predicted molar refractivity (Wildman–Crippen MR) is 91.6 cm³/mol. The first-order valence-electron chi connectivity index (χ1n) is 7.85. The summed E-state index contributed by atoms with van der Waals surface area (Å²) in [7, 11) is 0. The zero-order valence-corrected chi connectivity index (χ0v) is 12.5. The van der Waals surface area contributed by atoms with E-state index in [1.54, 1.807) is 6.08 Å². The van der Waals surface area contributed by atoms with Gasteiger partial charge in [-0.2, -0.15) is 0 Å². The van der Waals surface area contributed by atoms with Crippen molar-refractivity contribution in [2.75, 3.05) is 0 Å². The molecule has 1 heterocycles. The smallest absolute Gasteiger partial charge is 0.163 e. The number of carbonyl (C=O) groups is 1. The molecule has 0 amide bonds. The molecular formula is C21H14O2. The molecule has 0 fully saturated rings. The van der Waals surface area contributed by atoms with Crippen LogP contribution in [0.3, 0.4) is 0 Å². The molecule has 0 saturated carbocycles. The summed E-state index contributed by atoms with van der Waals surface area (Å²) in [6.07, 6.45) is 4.93. The minimum Gasteiger partial charge on any atom is -0.457 e. The van der Waals surface area contributed by atoms with Gasteiger partial charge in [0, 0.05) is 24.5 Å². The second kappa shape index (κ2) is 4.56. The first kappa shape index (κ1) is 12.7. The fourth-order valence-corrected chi connectivity index (χ4v) is 3.59. The molecule has 1 aliphatic carbocycles. The highest BCUT2D eigenvalue weighted by Gasteiger charge is 2.24. The molecule has 0 N–H and O–H groups in total. The van der Waals surface area contributed by atoms with E-state index in [4.69, 9.17) is 4.74 Å². The summed E-state index contributed by atoms with van der Waals surface area (Å²) in [5.74, 6) is 1.69. The van der Waals surface area contributed by atoms with Crippen molar-refractivity contribution >= 4 is 27.3 Å². The van der Waals surface area contributed by atoms with Crippen LogP contribution in [0.2, 0.25) is 0 Å². The Kier molecular flexibility index (Phi) is 2.51. The van der Waals surface area contributed by atoms with Gasteiger partial charge in [0.05, 0.1) is 0 Å². The highest BCUT2D eigenvalue weighted by molar-refractivity contribution is 6.09. The third-order valence-electron chi connectivity index (χ3n) is 4.74. The lowest BCUT2D eigenvalue weighted by atomic mass is 9.90. The van der Waals surface area contributed by atoms with Gasteiger partial charge in [-0.1, -0.05) is 48.5 Å². The first-order chi connectivity index (χ1) is 11.3. The van der Waals surface area contributed by atoms with Gasteiger partial charge < -0.3 is 4.74 Å². The molecule has 1 aliphatic heterocycles. The highest BCUT2D eigenvalue weighted by atomic mass is 16.5. The van der Waals surface area contributed by atoms with Crippen LogP contribution in [0.4, 0.5) is 0 Å². The maximum atomic E-state index is 11.6. The maximum absolute atomic E-state index is 11.6. The Balaban J connectivity index is 1.78. The van der Waals surface area contributed by atoms with Crippen LogP contribution in [-0.2, 0) is 11.2 Å². The molecule has 0 spiro atoms. The number of hydrogen-bond donors (Lipinski definition) is 0. The monoisotopic (exact) mass is 298 g/mol. The number of ketones is 1. The van der Waals surface area contributed by atoms with Gasteiger partial charge in [-0.15, -0.1) is 0 Å². The van der Waals surface area contributed by atoms with E-state index >= 15 is 0 Å². The second-order valence-corrected chi connectivity index (χ2v) is 6.11. The largest absolute Gasteiger partial charge is 0.457 e. The van der Waals surface area contributed by atoms with Crippen LogP contribution in [0.5, 0.6) is 5.75 Å². The summed E-state index contributed by atoms with van der Waals surface area (Å²) in [6, 6.07) is 16.9. The van der Waals surface area contributed by atoms with Gasteiger partial charge in [-0.3, -0.25) is 4.79 Å². The quantitative estimate of drug-likeness (QED) is 0.562. The van der Waals surface area contributed by atoms with Crippen LogP contribution < -0.4 is 4.74 Å². The highest BCUT2D eigenvalue weighted by Crippen LogP contribution is 2.40. The molecule has 2 aliphatic rings. The van der Waals surface area contributed by atoms with Crippen molar-refractivity contribution in [3.63, 3.8) is 0 Å². The topological polar surface area (TPSA) is 26.3 Å². The second-order valence-electron chi connectivity index (χ2n) is 6.11. The minimum atomic E-state index is 0.110. The van der Waals surface area contributed by atoms with Gasteiger partial charge in [0.2, 0.25) is 0 Å². The summed E-state index contributed by atoms with van der Waals surface area (Å²) in [5.41, 5.74) is 2.34. The van der Waals surface area contributed by atoms with Crippen LogP contribution in [0, 0.1) is 0 Å². The number of fused-ring (bicyclic) bond motifs is 6. The van der Waals surface area contributed by atoms with Crippen LogP contribution in [-0.4, -0.2) is 5.78 Å². The number of benzene rings is 3. The summed E-state index contributed by atoms with van der Waals surface area (Å²) in [6.45, 7) is 0. The van der Waals surface area contributed by atoms with Crippen LogP contribution >= 0.6 is 0 Å². The number of hydrogen-bond acceptors (Lipinski definition) is 2. The lowest BCUT2D eigenvalue weighted by Gasteiger charge is -2.25. The molecule has 3 aromatic carbocycles. The van der Waals surface area contributed by atoms with E-state index in [2.05, 4.69) is 42.5 Å². The summed E-state index contributed by atoms with van der Waals surface area (Å²) < 4.78 is 6.00. The Morgan fingerprint density at radius 2 is 1.74 bits per heavy atom. The van der Waals surface area contributed by atoms with E-state index in [9.17, 15) is 4.79 Å². The van der Waals surface area contributed by atoms with Crippen molar-refractivity contribution < 1.29 is 9.53 Å². The molecule has 0 atom stereocenters. The third-order valence-corrected chi connectivity index (χ3v) is 4.74. The third kappa shape index (κ3) is 1.85. The van der Waals surface area contributed by atoms with E-state index in [0.717, 1.165) is 17.7 Å². The van der Waals surface area contributed by atoms with E-state index in [0.29, 0.717) is 12.2 Å². The zero-order valence-electron chi connectivity index (χ0n) is 12.5. The van der Waals surface area contributed by atoms with Crippen LogP contribution in [0.15, 0.2) is 72.0 Å². The number of rotatable bonds is 0. The molecular weight excluding hydrogens is 284 g/mol. The van der Waals surface area contributed by atoms with Crippen LogP contribution in [0.1, 0.15) is 12.0 Å².